The predicted molar refractivity (Wildman–Crippen MR) is 248 cm³/mol. The Balaban J connectivity index is 3.37. The van der Waals surface area contributed by atoms with E-state index in [1.807, 2.05) is 0 Å². The summed E-state index contributed by atoms with van der Waals surface area (Å²) in [5, 5.41) is 23.0. The maximum absolute atomic E-state index is 12.3. The summed E-state index contributed by atoms with van der Waals surface area (Å²) in [6.45, 7) is 4.20. The number of hydrogen-bond donors (Lipinski definition) is 3. The highest BCUT2D eigenvalue weighted by atomic mass is 16.3. The molecule has 4 nitrogen and oxygen atoms in total. The Bertz CT molecular complexity index is 934. The first kappa shape index (κ1) is 54.1. The van der Waals surface area contributed by atoms with Crippen molar-refractivity contribution in [2.45, 2.75) is 257 Å². The molecule has 0 spiro atoms. The molecule has 0 aromatic carbocycles. The third kappa shape index (κ3) is 43.2. The van der Waals surface area contributed by atoms with Crippen LogP contribution in [0.1, 0.15) is 245 Å². The Kier molecular flexibility index (Phi) is 45.8. The van der Waals surface area contributed by atoms with Crippen molar-refractivity contribution in [3.63, 3.8) is 0 Å². The van der Waals surface area contributed by atoms with Crippen LogP contribution < -0.4 is 5.32 Å². The number of allylic oxidation sites excluding steroid dienone is 10. The van der Waals surface area contributed by atoms with Crippen molar-refractivity contribution in [2.24, 2.45) is 0 Å². The van der Waals surface area contributed by atoms with E-state index in [0.29, 0.717) is 12.8 Å². The van der Waals surface area contributed by atoms with E-state index in [0.717, 1.165) is 57.8 Å². The molecule has 0 bridgehead atoms. The fourth-order valence-corrected chi connectivity index (χ4v) is 7.33. The molecule has 0 aliphatic carbocycles. The average Bonchev–Trinajstić information content (AvgIpc) is 3.20. The monoisotopic (exact) mass is 782 g/mol. The van der Waals surface area contributed by atoms with Gasteiger partial charge in [-0.1, -0.05) is 242 Å². The second-order valence-electron chi connectivity index (χ2n) is 16.5. The van der Waals surface area contributed by atoms with Crippen LogP contribution in [0.25, 0.3) is 0 Å². The summed E-state index contributed by atoms with van der Waals surface area (Å²) < 4.78 is 0. The van der Waals surface area contributed by atoms with E-state index in [9.17, 15) is 15.0 Å². The molecule has 0 aliphatic heterocycles. The van der Waals surface area contributed by atoms with Gasteiger partial charge in [0.1, 0.15) is 0 Å². The van der Waals surface area contributed by atoms with Crippen molar-refractivity contribution in [3.05, 3.63) is 60.8 Å². The zero-order chi connectivity index (χ0) is 40.7. The molecule has 0 aromatic heterocycles. The molecule has 326 valence electrons. The zero-order valence-electron chi connectivity index (χ0n) is 37.4. The Labute approximate surface area is 349 Å². The number of nitrogens with one attached hydrogen (secondary N) is 1. The van der Waals surface area contributed by atoms with Gasteiger partial charge in [-0.3, -0.25) is 4.79 Å². The third-order valence-electron chi connectivity index (χ3n) is 11.0. The molecule has 56 heavy (non-hydrogen) atoms. The van der Waals surface area contributed by atoms with E-state index in [-0.39, 0.29) is 12.5 Å². The summed E-state index contributed by atoms with van der Waals surface area (Å²) in [6.07, 6.45) is 66.4. The lowest BCUT2D eigenvalue weighted by molar-refractivity contribution is -0.123. The summed E-state index contributed by atoms with van der Waals surface area (Å²) in [7, 11) is 0. The molecule has 0 aliphatic rings. The second-order valence-corrected chi connectivity index (χ2v) is 16.5. The van der Waals surface area contributed by atoms with Crippen LogP contribution >= 0.6 is 0 Å². The molecule has 0 heterocycles. The molecule has 0 fully saturated rings. The lowest BCUT2D eigenvalue weighted by Gasteiger charge is -2.22. The molecule has 2 atom stereocenters. The third-order valence-corrected chi connectivity index (χ3v) is 11.0. The molecule has 0 rings (SSSR count). The number of unbranched alkanes of at least 4 members (excludes halogenated alkanes) is 27. The van der Waals surface area contributed by atoms with Crippen LogP contribution in [0.3, 0.4) is 0 Å². The quantitative estimate of drug-likeness (QED) is 0.0426. The van der Waals surface area contributed by atoms with Crippen LogP contribution in [-0.2, 0) is 4.79 Å². The van der Waals surface area contributed by atoms with E-state index in [2.05, 4.69) is 79.9 Å². The van der Waals surface area contributed by atoms with Gasteiger partial charge in [-0.25, -0.2) is 0 Å². The van der Waals surface area contributed by atoms with Gasteiger partial charge in [-0.05, 0) is 57.8 Å². The number of carbonyl (C=O) groups is 1. The van der Waals surface area contributed by atoms with E-state index in [1.165, 1.54) is 161 Å². The largest absolute Gasteiger partial charge is 0.394 e. The number of aliphatic hydroxyl groups excluding tert-OH is 2. The van der Waals surface area contributed by atoms with Crippen molar-refractivity contribution in [3.8, 4) is 0 Å². The maximum Gasteiger partial charge on any atom is 0.220 e. The molecule has 1 amide bonds. The SMILES string of the molecule is CC/C=C\C/C=C\C/C=C\C/C=C\C/C=C\CCCCCCCCCCCCCCCCCCCCCCCC(=O)NC(CO)C(O)CCCCCCCCC. The van der Waals surface area contributed by atoms with Gasteiger partial charge in [0.2, 0.25) is 5.91 Å². The van der Waals surface area contributed by atoms with Gasteiger partial charge in [0.15, 0.2) is 0 Å². The van der Waals surface area contributed by atoms with Crippen LogP contribution in [-0.4, -0.2) is 34.9 Å². The van der Waals surface area contributed by atoms with Gasteiger partial charge in [-0.15, -0.1) is 0 Å². The number of carbonyl (C=O) groups excluding carboxylic acids is 1. The van der Waals surface area contributed by atoms with Gasteiger partial charge >= 0.3 is 0 Å². The standard InChI is InChI=1S/C52H95NO3/c1-3-5-7-9-11-12-13-14-15-16-17-18-19-20-21-22-23-24-25-26-27-28-29-30-31-32-33-34-35-36-37-38-39-40-42-44-46-48-52(56)53-50(49-54)51(55)47-45-43-41-10-8-6-4-2/h5,7,11-12,14-15,17-18,20-21,50-51,54-55H,3-4,6,8-10,13,16,19,22-49H2,1-2H3,(H,53,56)/b7-5-,12-11-,15-14-,18-17-,21-20-. The Morgan fingerprint density at radius 1 is 0.446 bits per heavy atom. The molecule has 0 aromatic rings. The van der Waals surface area contributed by atoms with E-state index < -0.39 is 12.1 Å². The van der Waals surface area contributed by atoms with Crippen LogP contribution in [0.5, 0.6) is 0 Å². The van der Waals surface area contributed by atoms with Gasteiger partial charge in [0.25, 0.3) is 0 Å². The summed E-state index contributed by atoms with van der Waals surface area (Å²) in [4.78, 5) is 12.3. The second kappa shape index (κ2) is 47.5. The molecule has 4 heteroatoms. The Hall–Kier alpha value is -1.91. The summed E-state index contributed by atoms with van der Waals surface area (Å²) >= 11 is 0. The first-order valence-electron chi connectivity index (χ1n) is 24.5. The highest BCUT2D eigenvalue weighted by Gasteiger charge is 2.20. The Morgan fingerprint density at radius 2 is 0.786 bits per heavy atom. The smallest absolute Gasteiger partial charge is 0.220 e. The van der Waals surface area contributed by atoms with Gasteiger partial charge in [-0.2, -0.15) is 0 Å². The Morgan fingerprint density at radius 3 is 1.18 bits per heavy atom. The van der Waals surface area contributed by atoms with Crippen molar-refractivity contribution in [1.82, 2.24) is 5.32 Å². The summed E-state index contributed by atoms with van der Waals surface area (Å²) in [5.41, 5.74) is 0. The molecule has 3 N–H and O–H groups in total. The lowest BCUT2D eigenvalue weighted by Crippen LogP contribution is -2.45. The summed E-state index contributed by atoms with van der Waals surface area (Å²) in [5.74, 6) is -0.0341. The van der Waals surface area contributed by atoms with Gasteiger partial charge in [0.05, 0.1) is 18.8 Å². The number of aliphatic hydroxyl groups is 2. The van der Waals surface area contributed by atoms with Crippen molar-refractivity contribution < 1.29 is 15.0 Å². The molecular formula is C52H95NO3. The normalized spacial score (nSPS) is 13.4. The van der Waals surface area contributed by atoms with Crippen LogP contribution in [0.4, 0.5) is 0 Å². The highest BCUT2D eigenvalue weighted by molar-refractivity contribution is 5.76. The van der Waals surface area contributed by atoms with E-state index in [1.54, 1.807) is 0 Å². The average molecular weight is 782 g/mol. The minimum absolute atomic E-state index is 0.0341. The molecule has 0 saturated heterocycles. The lowest BCUT2D eigenvalue weighted by atomic mass is 10.0. The van der Waals surface area contributed by atoms with Crippen LogP contribution in [0.15, 0.2) is 60.8 Å². The fraction of sp³-hybridized carbons (Fsp3) is 0.788. The first-order valence-corrected chi connectivity index (χ1v) is 24.5. The minimum atomic E-state index is -0.655. The first-order chi connectivity index (χ1) is 27.7. The molecule has 2 unspecified atom stereocenters. The maximum atomic E-state index is 12.3. The molecular weight excluding hydrogens is 687 g/mol. The topological polar surface area (TPSA) is 69.6 Å². The van der Waals surface area contributed by atoms with Crippen LogP contribution in [0, 0.1) is 0 Å². The summed E-state index contributed by atoms with van der Waals surface area (Å²) in [6, 6.07) is -0.532. The number of amides is 1. The highest BCUT2D eigenvalue weighted by Crippen LogP contribution is 2.16. The molecule has 0 saturated carbocycles. The predicted octanol–water partition coefficient (Wildman–Crippen LogP) is 15.7. The van der Waals surface area contributed by atoms with Gasteiger partial charge in [0, 0.05) is 6.42 Å². The minimum Gasteiger partial charge on any atom is -0.394 e. The number of rotatable bonds is 44. The van der Waals surface area contributed by atoms with Crippen molar-refractivity contribution >= 4 is 5.91 Å². The fourth-order valence-electron chi connectivity index (χ4n) is 7.33. The van der Waals surface area contributed by atoms with E-state index >= 15 is 0 Å². The van der Waals surface area contributed by atoms with Gasteiger partial charge < -0.3 is 15.5 Å². The van der Waals surface area contributed by atoms with Crippen molar-refractivity contribution in [2.75, 3.05) is 6.61 Å². The van der Waals surface area contributed by atoms with Crippen molar-refractivity contribution in [1.29, 1.82) is 0 Å². The van der Waals surface area contributed by atoms with E-state index in [4.69, 9.17) is 0 Å². The molecule has 0 radical (unpaired) electrons. The number of hydrogen-bond acceptors (Lipinski definition) is 3. The van der Waals surface area contributed by atoms with Crippen LogP contribution in [0.2, 0.25) is 0 Å². The zero-order valence-corrected chi connectivity index (χ0v) is 37.4.